The van der Waals surface area contributed by atoms with Gasteiger partial charge >= 0.3 is 0 Å². The van der Waals surface area contributed by atoms with E-state index in [9.17, 15) is 4.79 Å². The van der Waals surface area contributed by atoms with Crippen molar-refractivity contribution in [1.29, 1.82) is 0 Å². The third-order valence-electron chi connectivity index (χ3n) is 4.71. The van der Waals surface area contributed by atoms with Gasteiger partial charge in [-0.2, -0.15) is 0 Å². The number of carbonyl (C=O) groups is 1. The van der Waals surface area contributed by atoms with Crippen molar-refractivity contribution >= 4 is 17.7 Å². The molecular formula is C21H22N4OS. The zero-order valence-electron chi connectivity index (χ0n) is 15.1. The Morgan fingerprint density at radius 1 is 0.889 bits per heavy atom. The molecule has 138 valence electrons. The Labute approximate surface area is 163 Å². The summed E-state index contributed by atoms with van der Waals surface area (Å²) in [5, 5.41) is 9.55. The highest BCUT2D eigenvalue weighted by Crippen LogP contribution is 2.28. The summed E-state index contributed by atoms with van der Waals surface area (Å²) in [7, 11) is 0. The lowest BCUT2D eigenvalue weighted by Crippen LogP contribution is -2.36. The maximum absolute atomic E-state index is 12.5. The molecule has 0 radical (unpaired) electrons. The van der Waals surface area contributed by atoms with Crippen LogP contribution in [0.1, 0.15) is 19.3 Å². The second-order valence-electron chi connectivity index (χ2n) is 6.57. The average molecular weight is 379 g/mol. The first-order valence-electron chi connectivity index (χ1n) is 9.30. The molecule has 0 aliphatic carbocycles. The molecule has 27 heavy (non-hydrogen) atoms. The number of carbonyl (C=O) groups excluding carboxylic acids is 1. The van der Waals surface area contributed by atoms with Crippen molar-refractivity contribution in [2.24, 2.45) is 0 Å². The normalized spacial score (nSPS) is 14.3. The quantitative estimate of drug-likeness (QED) is 0.629. The third kappa shape index (κ3) is 4.06. The fraction of sp³-hybridized carbons (Fsp3) is 0.286. The minimum absolute atomic E-state index is 0.184. The zero-order valence-corrected chi connectivity index (χ0v) is 15.9. The Bertz CT molecular complexity index is 889. The number of likely N-dealkylation sites (tertiary alicyclic amines) is 1. The van der Waals surface area contributed by atoms with Crippen molar-refractivity contribution < 1.29 is 4.79 Å². The second-order valence-corrected chi connectivity index (χ2v) is 7.52. The minimum Gasteiger partial charge on any atom is -0.342 e. The topological polar surface area (TPSA) is 51.0 Å². The van der Waals surface area contributed by atoms with Crippen LogP contribution in [0.4, 0.5) is 0 Å². The lowest BCUT2D eigenvalue weighted by Gasteiger charge is -2.26. The van der Waals surface area contributed by atoms with Crippen LogP contribution < -0.4 is 0 Å². The van der Waals surface area contributed by atoms with Gasteiger partial charge in [-0.25, -0.2) is 0 Å². The van der Waals surface area contributed by atoms with Gasteiger partial charge in [-0.1, -0.05) is 60.3 Å². The van der Waals surface area contributed by atoms with Crippen LogP contribution in [0.2, 0.25) is 0 Å². The summed E-state index contributed by atoms with van der Waals surface area (Å²) in [4.78, 5) is 14.5. The van der Waals surface area contributed by atoms with Crippen LogP contribution in [0.25, 0.3) is 17.1 Å². The molecular weight excluding hydrogens is 356 g/mol. The molecule has 4 rings (SSSR count). The van der Waals surface area contributed by atoms with Gasteiger partial charge in [0.25, 0.3) is 0 Å². The van der Waals surface area contributed by atoms with Gasteiger partial charge in [0.2, 0.25) is 5.91 Å². The van der Waals surface area contributed by atoms with E-state index >= 15 is 0 Å². The predicted molar refractivity (Wildman–Crippen MR) is 108 cm³/mol. The molecule has 2 heterocycles. The van der Waals surface area contributed by atoms with E-state index in [1.807, 2.05) is 70.1 Å². The van der Waals surface area contributed by atoms with Crippen LogP contribution in [-0.2, 0) is 4.79 Å². The van der Waals surface area contributed by atoms with E-state index in [1.54, 1.807) is 0 Å². The van der Waals surface area contributed by atoms with Crippen molar-refractivity contribution in [2.45, 2.75) is 24.4 Å². The first-order valence-corrected chi connectivity index (χ1v) is 10.3. The van der Waals surface area contributed by atoms with Gasteiger partial charge in [0.15, 0.2) is 11.0 Å². The van der Waals surface area contributed by atoms with E-state index in [-0.39, 0.29) is 5.91 Å². The zero-order chi connectivity index (χ0) is 18.5. The summed E-state index contributed by atoms with van der Waals surface area (Å²) in [5.74, 6) is 1.36. The molecule has 5 nitrogen and oxygen atoms in total. The average Bonchev–Trinajstić information content (AvgIpc) is 3.18. The Balaban J connectivity index is 1.61. The number of nitrogens with zero attached hydrogens (tertiary/aromatic N) is 4. The predicted octanol–water partition coefficient (Wildman–Crippen LogP) is 4.04. The number of hydrogen-bond donors (Lipinski definition) is 0. The summed E-state index contributed by atoms with van der Waals surface area (Å²) < 4.78 is 2.03. The number of hydrogen-bond acceptors (Lipinski definition) is 4. The van der Waals surface area contributed by atoms with Crippen LogP contribution in [0.15, 0.2) is 65.8 Å². The lowest BCUT2D eigenvalue weighted by molar-refractivity contribution is -0.129. The molecule has 1 fully saturated rings. The highest BCUT2D eigenvalue weighted by molar-refractivity contribution is 7.99. The van der Waals surface area contributed by atoms with Gasteiger partial charge in [0.05, 0.1) is 5.75 Å². The molecule has 3 aromatic rings. The summed E-state index contributed by atoms with van der Waals surface area (Å²) in [5.41, 5.74) is 2.00. The van der Waals surface area contributed by atoms with Crippen LogP contribution in [0, 0.1) is 0 Å². The Morgan fingerprint density at radius 3 is 2.26 bits per heavy atom. The molecule has 0 N–H and O–H groups in total. The molecule has 1 amide bonds. The first-order chi connectivity index (χ1) is 13.3. The van der Waals surface area contributed by atoms with E-state index in [0.717, 1.165) is 48.2 Å². The van der Waals surface area contributed by atoms with E-state index < -0.39 is 0 Å². The largest absolute Gasteiger partial charge is 0.342 e. The first kappa shape index (κ1) is 17.8. The summed E-state index contributed by atoms with van der Waals surface area (Å²) >= 11 is 1.46. The van der Waals surface area contributed by atoms with Gasteiger partial charge in [0, 0.05) is 24.3 Å². The molecule has 1 aromatic heterocycles. The molecule has 2 aromatic carbocycles. The molecule has 1 aliphatic heterocycles. The van der Waals surface area contributed by atoms with Crippen LogP contribution >= 0.6 is 11.8 Å². The van der Waals surface area contributed by atoms with Crippen molar-refractivity contribution in [3.8, 4) is 17.1 Å². The highest BCUT2D eigenvalue weighted by Gasteiger charge is 2.20. The fourth-order valence-corrected chi connectivity index (χ4v) is 4.16. The van der Waals surface area contributed by atoms with E-state index in [0.29, 0.717) is 5.75 Å². The Hall–Kier alpha value is -2.60. The highest BCUT2D eigenvalue weighted by atomic mass is 32.2. The van der Waals surface area contributed by atoms with Crippen LogP contribution in [-0.4, -0.2) is 44.4 Å². The van der Waals surface area contributed by atoms with Gasteiger partial charge in [-0.05, 0) is 31.4 Å². The van der Waals surface area contributed by atoms with Crippen molar-refractivity contribution in [3.05, 3.63) is 60.7 Å². The molecule has 0 spiro atoms. The fourth-order valence-electron chi connectivity index (χ4n) is 3.31. The molecule has 0 bridgehead atoms. The van der Waals surface area contributed by atoms with Crippen LogP contribution in [0.5, 0.6) is 0 Å². The molecule has 1 saturated heterocycles. The molecule has 0 atom stereocenters. The summed E-state index contributed by atoms with van der Waals surface area (Å²) in [6.45, 7) is 1.75. The second kappa shape index (κ2) is 8.39. The number of aromatic nitrogens is 3. The maximum atomic E-state index is 12.5. The summed E-state index contributed by atoms with van der Waals surface area (Å²) in [6.07, 6.45) is 3.43. The minimum atomic E-state index is 0.184. The number of amides is 1. The van der Waals surface area contributed by atoms with E-state index in [1.165, 1.54) is 18.2 Å². The van der Waals surface area contributed by atoms with Gasteiger partial charge < -0.3 is 4.90 Å². The van der Waals surface area contributed by atoms with Crippen molar-refractivity contribution in [1.82, 2.24) is 19.7 Å². The van der Waals surface area contributed by atoms with Gasteiger partial charge in [0.1, 0.15) is 0 Å². The van der Waals surface area contributed by atoms with Gasteiger partial charge in [-0.3, -0.25) is 9.36 Å². The Morgan fingerprint density at radius 2 is 1.56 bits per heavy atom. The molecule has 1 aliphatic rings. The SMILES string of the molecule is O=C(CSc1nnc(-c2ccccc2)n1-c1ccccc1)N1CCCCC1. The lowest BCUT2D eigenvalue weighted by atomic mass is 10.1. The molecule has 0 saturated carbocycles. The van der Waals surface area contributed by atoms with Gasteiger partial charge in [-0.15, -0.1) is 10.2 Å². The third-order valence-corrected chi connectivity index (χ3v) is 5.63. The number of rotatable bonds is 5. The van der Waals surface area contributed by atoms with E-state index in [2.05, 4.69) is 10.2 Å². The number of benzene rings is 2. The number of para-hydroxylation sites is 1. The molecule has 6 heteroatoms. The number of thioether (sulfide) groups is 1. The number of piperidine rings is 1. The Kier molecular flexibility index (Phi) is 5.53. The maximum Gasteiger partial charge on any atom is 0.233 e. The summed E-state index contributed by atoms with van der Waals surface area (Å²) in [6, 6.07) is 20.1. The monoisotopic (exact) mass is 378 g/mol. The van der Waals surface area contributed by atoms with Crippen molar-refractivity contribution in [2.75, 3.05) is 18.8 Å². The smallest absolute Gasteiger partial charge is 0.233 e. The van der Waals surface area contributed by atoms with E-state index in [4.69, 9.17) is 0 Å². The van der Waals surface area contributed by atoms with Crippen LogP contribution in [0.3, 0.4) is 0 Å². The molecule has 0 unspecified atom stereocenters. The van der Waals surface area contributed by atoms with Crippen molar-refractivity contribution in [3.63, 3.8) is 0 Å². The standard InChI is InChI=1S/C21H22N4OS/c26-19(24-14-8-3-9-15-24)16-27-21-23-22-20(17-10-4-1-5-11-17)25(21)18-12-6-2-7-13-18/h1-2,4-7,10-13H,3,8-9,14-16H2.